The highest BCUT2D eigenvalue weighted by atomic mass is 35.5. The second-order valence-electron chi connectivity index (χ2n) is 5.07. The number of hydrogen-bond acceptors (Lipinski definition) is 3. The van der Waals surface area contributed by atoms with E-state index in [0.717, 1.165) is 5.56 Å². The maximum atomic E-state index is 12.2. The molecule has 2 rings (SSSR count). The van der Waals surface area contributed by atoms with Crippen molar-refractivity contribution in [1.82, 2.24) is 5.32 Å². The lowest BCUT2D eigenvalue weighted by molar-refractivity contribution is -0.683. The van der Waals surface area contributed by atoms with Crippen molar-refractivity contribution in [3.8, 4) is 5.75 Å². The Morgan fingerprint density at radius 1 is 1.12 bits per heavy atom. The van der Waals surface area contributed by atoms with Crippen LogP contribution in [0.25, 0.3) is 0 Å². The molecule has 0 saturated carbocycles. The average molecular weight is 349 g/mol. The maximum Gasteiger partial charge on any atom is 0.319 e. The summed E-state index contributed by atoms with van der Waals surface area (Å²) < 4.78 is 5.59. The third-order valence-corrected chi connectivity index (χ3v) is 3.54. The number of amides is 3. The molecule has 3 amide bonds. The molecule has 0 fully saturated rings. The molecule has 5 N–H and O–H groups in total. The minimum atomic E-state index is -0.869. The van der Waals surface area contributed by atoms with Crippen LogP contribution in [0.3, 0.4) is 0 Å². The van der Waals surface area contributed by atoms with Crippen LogP contribution in [0.5, 0.6) is 5.75 Å². The number of nitrogens with two attached hydrogens (primary N) is 2. The Balaban J connectivity index is 1.92. The van der Waals surface area contributed by atoms with Crippen LogP contribution < -0.4 is 21.1 Å². The van der Waals surface area contributed by atoms with Gasteiger partial charge in [-0.05, 0) is 24.3 Å². The van der Waals surface area contributed by atoms with Gasteiger partial charge < -0.3 is 15.8 Å². The molecule has 2 aromatic carbocycles. The molecule has 0 aliphatic heterocycles. The zero-order valence-electron chi connectivity index (χ0n) is 12.9. The number of halogens is 1. The number of rotatable bonds is 7. The molecule has 0 saturated heterocycles. The van der Waals surface area contributed by atoms with Crippen LogP contribution in [0, 0.1) is 0 Å². The van der Waals surface area contributed by atoms with Gasteiger partial charge in [-0.2, -0.15) is 0 Å². The summed E-state index contributed by atoms with van der Waals surface area (Å²) in [6, 6.07) is 14.8. The van der Waals surface area contributed by atoms with E-state index in [1.54, 1.807) is 29.6 Å². The molecule has 0 heterocycles. The monoisotopic (exact) mass is 348 g/mol. The van der Waals surface area contributed by atoms with Crippen molar-refractivity contribution in [3.63, 3.8) is 0 Å². The van der Waals surface area contributed by atoms with E-state index in [1.165, 1.54) is 0 Å². The van der Waals surface area contributed by atoms with Gasteiger partial charge in [-0.1, -0.05) is 41.9 Å². The second-order valence-corrected chi connectivity index (χ2v) is 5.51. The molecule has 0 bridgehead atoms. The Kier molecular flexibility index (Phi) is 6.60. The van der Waals surface area contributed by atoms with Crippen LogP contribution in [0.1, 0.15) is 11.6 Å². The number of hydrogen-bond donors (Lipinski definition) is 3. The number of ether oxygens (including phenoxy) is 1. The van der Waals surface area contributed by atoms with Gasteiger partial charge in [-0.15, -0.1) is 0 Å². The normalized spacial score (nSPS) is 11.5. The lowest BCUT2D eigenvalue weighted by Gasteiger charge is -2.15. The maximum absolute atomic E-state index is 12.2. The zero-order chi connectivity index (χ0) is 17.4. The number of nitrogens with one attached hydrogen (secondary N) is 1. The molecule has 6 nitrogen and oxygen atoms in total. The molecule has 0 aliphatic rings. The minimum Gasteiger partial charge on any atom is -0.488 e. The van der Waals surface area contributed by atoms with E-state index in [-0.39, 0.29) is 0 Å². The number of carbonyl (C=O) groups is 2. The summed E-state index contributed by atoms with van der Waals surface area (Å²) >= 11 is 5.81. The molecular formula is C17H19ClN3O3+. The summed E-state index contributed by atoms with van der Waals surface area (Å²) in [5.41, 5.74) is 5.81. The van der Waals surface area contributed by atoms with Gasteiger partial charge in [0.05, 0.1) is 0 Å². The molecule has 0 unspecified atom stereocenters. The summed E-state index contributed by atoms with van der Waals surface area (Å²) in [5.74, 6) is 0.242. The van der Waals surface area contributed by atoms with E-state index in [0.29, 0.717) is 23.9 Å². The van der Waals surface area contributed by atoms with Crippen molar-refractivity contribution in [3.05, 3.63) is 65.2 Å². The number of imide groups is 1. The van der Waals surface area contributed by atoms with Crippen LogP contribution in [0.4, 0.5) is 4.79 Å². The molecule has 0 spiro atoms. The van der Waals surface area contributed by atoms with Crippen LogP contribution in [0.2, 0.25) is 5.02 Å². The Morgan fingerprint density at radius 3 is 2.42 bits per heavy atom. The van der Waals surface area contributed by atoms with E-state index in [9.17, 15) is 9.59 Å². The SMILES string of the molecule is NC(=O)NC(=O)[C@@H]([NH2+]CCOc1ccc(Cl)cc1)c1ccccc1. The first-order chi connectivity index (χ1) is 11.6. The Hall–Kier alpha value is -2.57. The lowest BCUT2D eigenvalue weighted by atomic mass is 10.1. The van der Waals surface area contributed by atoms with Crippen molar-refractivity contribution in [2.45, 2.75) is 6.04 Å². The molecule has 7 heteroatoms. The number of urea groups is 1. The summed E-state index contributed by atoms with van der Waals surface area (Å²) in [6.07, 6.45) is 0. The van der Waals surface area contributed by atoms with E-state index in [1.807, 2.05) is 30.3 Å². The third kappa shape index (κ3) is 5.57. The van der Waals surface area contributed by atoms with Gasteiger partial charge >= 0.3 is 6.03 Å². The van der Waals surface area contributed by atoms with Gasteiger partial charge in [0, 0.05) is 10.6 Å². The van der Waals surface area contributed by atoms with Gasteiger partial charge in [-0.25, -0.2) is 4.79 Å². The smallest absolute Gasteiger partial charge is 0.319 e. The Bertz CT molecular complexity index is 677. The first-order valence-electron chi connectivity index (χ1n) is 7.43. The zero-order valence-corrected chi connectivity index (χ0v) is 13.7. The highest BCUT2D eigenvalue weighted by molar-refractivity contribution is 6.30. The summed E-state index contributed by atoms with van der Waals surface area (Å²) in [6.45, 7) is 0.920. The van der Waals surface area contributed by atoms with E-state index in [2.05, 4.69) is 5.32 Å². The van der Waals surface area contributed by atoms with Crippen LogP contribution in [-0.2, 0) is 4.79 Å². The van der Waals surface area contributed by atoms with Crippen molar-refractivity contribution >= 4 is 23.5 Å². The largest absolute Gasteiger partial charge is 0.488 e. The quantitative estimate of drug-likeness (QED) is 0.656. The third-order valence-electron chi connectivity index (χ3n) is 3.29. The summed E-state index contributed by atoms with van der Waals surface area (Å²) in [7, 11) is 0. The van der Waals surface area contributed by atoms with E-state index < -0.39 is 18.0 Å². The van der Waals surface area contributed by atoms with Crippen LogP contribution in [-0.4, -0.2) is 25.1 Å². The van der Waals surface area contributed by atoms with E-state index >= 15 is 0 Å². The highest BCUT2D eigenvalue weighted by Gasteiger charge is 2.24. The Morgan fingerprint density at radius 2 is 1.79 bits per heavy atom. The minimum absolute atomic E-state index is 0.398. The van der Waals surface area contributed by atoms with Gasteiger partial charge in [0.15, 0.2) is 6.04 Å². The fourth-order valence-corrected chi connectivity index (χ4v) is 2.32. The van der Waals surface area contributed by atoms with Crippen molar-refractivity contribution in [1.29, 1.82) is 0 Å². The first-order valence-corrected chi connectivity index (χ1v) is 7.81. The van der Waals surface area contributed by atoms with Gasteiger partial charge in [-0.3, -0.25) is 10.1 Å². The van der Waals surface area contributed by atoms with Crippen molar-refractivity contribution in [2.75, 3.05) is 13.2 Å². The molecule has 126 valence electrons. The predicted octanol–water partition coefficient (Wildman–Crippen LogP) is 1.22. The molecule has 24 heavy (non-hydrogen) atoms. The average Bonchev–Trinajstić information content (AvgIpc) is 2.56. The molecule has 0 aromatic heterocycles. The fourth-order valence-electron chi connectivity index (χ4n) is 2.20. The van der Waals surface area contributed by atoms with Gasteiger partial charge in [0.2, 0.25) is 0 Å². The van der Waals surface area contributed by atoms with Crippen LogP contribution >= 0.6 is 11.6 Å². The summed E-state index contributed by atoms with van der Waals surface area (Å²) in [4.78, 5) is 23.1. The van der Waals surface area contributed by atoms with Crippen molar-refractivity contribution in [2.24, 2.45) is 5.73 Å². The highest BCUT2D eigenvalue weighted by Crippen LogP contribution is 2.15. The number of benzene rings is 2. The summed E-state index contributed by atoms with van der Waals surface area (Å²) in [5, 5.41) is 4.55. The molecule has 2 aromatic rings. The van der Waals surface area contributed by atoms with Crippen LogP contribution in [0.15, 0.2) is 54.6 Å². The molecular weight excluding hydrogens is 330 g/mol. The molecule has 0 radical (unpaired) electrons. The van der Waals surface area contributed by atoms with Gasteiger partial charge in [0.25, 0.3) is 5.91 Å². The second kappa shape index (κ2) is 8.90. The predicted molar refractivity (Wildman–Crippen MR) is 90.6 cm³/mol. The fraction of sp³-hybridized carbons (Fsp3) is 0.176. The molecule has 0 aliphatic carbocycles. The number of primary amides is 1. The Labute approximate surface area is 144 Å². The van der Waals surface area contributed by atoms with Crippen molar-refractivity contribution < 1.29 is 19.6 Å². The van der Waals surface area contributed by atoms with Gasteiger partial charge in [0.1, 0.15) is 18.9 Å². The van der Waals surface area contributed by atoms with E-state index in [4.69, 9.17) is 22.1 Å². The lowest BCUT2D eigenvalue weighted by Crippen LogP contribution is -2.88. The first kappa shape index (κ1) is 17.8. The topological polar surface area (TPSA) is 98.0 Å². The standard InChI is InChI=1S/C17H18ClN3O3/c18-13-6-8-14(9-7-13)24-11-10-20-15(16(22)21-17(19)23)12-4-2-1-3-5-12/h1-9,15,20H,10-11H2,(H3,19,21,22,23)/p+1/t15-/m0/s1. The number of quaternary nitrogens is 1. The molecule has 1 atom stereocenters. The number of carbonyl (C=O) groups excluding carboxylic acids is 2.